The number of anilines is 2. The molecule has 0 saturated heterocycles. The Hall–Kier alpha value is -3.44. The molecule has 0 aliphatic rings. The number of nitrogens with two attached hydrogens (primary N) is 5. The number of unbranched alkanes of at least 4 members (excludes halogenated alkanes) is 1. The number of hydrogen-bond acceptors (Lipinski definition) is 8. The molecular formula is C20H28ClN9O2. The number of amides is 2. The maximum Gasteiger partial charge on any atom is 0.280 e. The van der Waals surface area contributed by atoms with Gasteiger partial charge in [-0.3, -0.25) is 19.9 Å². The first-order valence-electron chi connectivity index (χ1n) is 9.97. The van der Waals surface area contributed by atoms with Crippen LogP contribution in [0.2, 0.25) is 5.15 Å². The molecule has 0 bridgehead atoms. The summed E-state index contributed by atoms with van der Waals surface area (Å²) in [6, 6.07) is 7.79. The van der Waals surface area contributed by atoms with Crippen molar-refractivity contribution in [1.82, 2.24) is 15.3 Å². The zero-order valence-electron chi connectivity index (χ0n) is 17.6. The lowest BCUT2D eigenvalue weighted by Gasteiger charge is -2.10. The number of nitrogens with zero attached hydrogens (tertiary/aromatic N) is 3. The van der Waals surface area contributed by atoms with Gasteiger partial charge in [0.25, 0.3) is 5.91 Å². The molecule has 11 nitrogen and oxygen atoms in total. The van der Waals surface area contributed by atoms with Crippen LogP contribution in [0.4, 0.5) is 11.6 Å². The summed E-state index contributed by atoms with van der Waals surface area (Å²) in [5, 5.41) is 2.27. The fourth-order valence-corrected chi connectivity index (χ4v) is 3.07. The molecule has 0 saturated carbocycles. The van der Waals surface area contributed by atoms with Gasteiger partial charge >= 0.3 is 0 Å². The molecule has 2 amide bonds. The van der Waals surface area contributed by atoms with Gasteiger partial charge < -0.3 is 28.7 Å². The number of aliphatic imine (C=N–C) groups is 1. The number of hydrogen-bond donors (Lipinski definition) is 6. The number of halogens is 1. The van der Waals surface area contributed by atoms with Crippen molar-refractivity contribution >= 4 is 41.0 Å². The first-order valence-corrected chi connectivity index (χ1v) is 10.3. The Bertz CT molecular complexity index is 980. The van der Waals surface area contributed by atoms with Crippen molar-refractivity contribution in [1.29, 1.82) is 0 Å². The molecule has 1 aromatic carbocycles. The Morgan fingerprint density at radius 1 is 1.03 bits per heavy atom. The number of primary amides is 1. The van der Waals surface area contributed by atoms with E-state index in [0.717, 1.165) is 24.8 Å². The molecule has 1 heterocycles. The Balaban J connectivity index is 1.74. The SMILES string of the molecule is NC(=O)C[C@H](N)Cc1ccc(CCCCN=C(N)NC(=O)c2nc(Cl)c(N)nc2N)cc1. The van der Waals surface area contributed by atoms with E-state index < -0.39 is 11.8 Å². The van der Waals surface area contributed by atoms with E-state index in [-0.39, 0.29) is 40.9 Å². The van der Waals surface area contributed by atoms with Crippen LogP contribution in [-0.2, 0) is 17.6 Å². The first-order chi connectivity index (χ1) is 15.2. The van der Waals surface area contributed by atoms with Gasteiger partial charge in [0.15, 0.2) is 28.4 Å². The molecule has 0 fully saturated rings. The van der Waals surface area contributed by atoms with Gasteiger partial charge in [0, 0.05) is 19.0 Å². The maximum absolute atomic E-state index is 12.2. The van der Waals surface area contributed by atoms with E-state index in [1.54, 1.807) is 0 Å². The van der Waals surface area contributed by atoms with E-state index in [1.165, 1.54) is 5.56 Å². The summed E-state index contributed by atoms with van der Waals surface area (Å²) in [5.41, 5.74) is 30.0. The van der Waals surface area contributed by atoms with Gasteiger partial charge in [-0.05, 0) is 36.8 Å². The quantitative estimate of drug-likeness (QED) is 0.162. The molecule has 2 aromatic rings. The van der Waals surface area contributed by atoms with Crippen LogP contribution >= 0.6 is 11.6 Å². The Morgan fingerprint density at radius 2 is 1.69 bits per heavy atom. The average molecular weight is 462 g/mol. The summed E-state index contributed by atoms with van der Waals surface area (Å²) in [5.74, 6) is -1.35. The average Bonchev–Trinajstić information content (AvgIpc) is 2.71. The van der Waals surface area contributed by atoms with E-state index in [0.29, 0.717) is 13.0 Å². The van der Waals surface area contributed by atoms with Crippen molar-refractivity contribution in [3.8, 4) is 0 Å². The molecule has 12 heteroatoms. The zero-order chi connectivity index (χ0) is 23.7. The maximum atomic E-state index is 12.2. The summed E-state index contributed by atoms with van der Waals surface area (Å²) in [7, 11) is 0. The standard InChI is InChI=1S/C20H28ClN9O2/c21-16-18(25)29-17(24)15(28-16)19(32)30-20(26)27-8-2-1-3-11-4-6-12(7-5-11)9-13(22)10-14(23)31/h4-7,13H,1-3,8-10,22H2,(H2,23,31)(H4,24,25,29)(H3,26,27,30,32)/t13-/m1/s1. The van der Waals surface area contributed by atoms with Crippen LogP contribution in [0.15, 0.2) is 29.3 Å². The summed E-state index contributed by atoms with van der Waals surface area (Å²) >= 11 is 5.77. The molecule has 32 heavy (non-hydrogen) atoms. The highest BCUT2D eigenvalue weighted by Gasteiger charge is 2.16. The molecule has 11 N–H and O–H groups in total. The Kier molecular flexibility index (Phi) is 9.17. The van der Waals surface area contributed by atoms with Crippen LogP contribution in [0.3, 0.4) is 0 Å². The molecule has 0 spiro atoms. The van der Waals surface area contributed by atoms with Crippen LogP contribution in [-0.4, -0.2) is 40.3 Å². The van der Waals surface area contributed by atoms with Crippen molar-refractivity contribution < 1.29 is 9.59 Å². The Labute approximate surface area is 190 Å². The second-order valence-electron chi connectivity index (χ2n) is 7.26. The number of nitrogen functional groups attached to an aromatic ring is 2. The van der Waals surface area contributed by atoms with Gasteiger partial charge in [0.1, 0.15) is 0 Å². The van der Waals surface area contributed by atoms with E-state index in [9.17, 15) is 9.59 Å². The minimum absolute atomic E-state index is 0.0548. The van der Waals surface area contributed by atoms with Crippen LogP contribution in [0.1, 0.15) is 40.9 Å². The zero-order valence-corrected chi connectivity index (χ0v) is 18.3. The molecular weight excluding hydrogens is 434 g/mol. The minimum Gasteiger partial charge on any atom is -0.382 e. The number of nitrogens with one attached hydrogen (secondary N) is 1. The molecule has 2 rings (SSSR count). The number of aryl methyl sites for hydroxylation is 1. The Morgan fingerprint density at radius 3 is 2.34 bits per heavy atom. The van der Waals surface area contributed by atoms with Crippen LogP contribution in [0.5, 0.6) is 0 Å². The summed E-state index contributed by atoms with van der Waals surface area (Å²) in [6.07, 6.45) is 3.29. The number of carbonyl (C=O) groups is 2. The van der Waals surface area contributed by atoms with E-state index >= 15 is 0 Å². The molecule has 0 radical (unpaired) electrons. The van der Waals surface area contributed by atoms with Crippen molar-refractivity contribution in [3.05, 3.63) is 46.2 Å². The van der Waals surface area contributed by atoms with Gasteiger partial charge in [-0.15, -0.1) is 0 Å². The highest BCUT2D eigenvalue weighted by atomic mass is 35.5. The number of aromatic nitrogens is 2. The second-order valence-corrected chi connectivity index (χ2v) is 7.62. The highest BCUT2D eigenvalue weighted by molar-refractivity contribution is 6.31. The van der Waals surface area contributed by atoms with Gasteiger partial charge in [-0.25, -0.2) is 9.97 Å². The summed E-state index contributed by atoms with van der Waals surface area (Å²) in [4.78, 5) is 34.8. The third-order valence-electron chi connectivity index (χ3n) is 4.50. The van der Waals surface area contributed by atoms with Gasteiger partial charge in [-0.1, -0.05) is 35.9 Å². The van der Waals surface area contributed by atoms with Crippen LogP contribution in [0, 0.1) is 0 Å². The molecule has 1 atom stereocenters. The number of benzene rings is 1. The normalized spacial score (nSPS) is 12.4. The largest absolute Gasteiger partial charge is 0.382 e. The number of guanidine groups is 1. The first kappa shape index (κ1) is 24.8. The predicted molar refractivity (Wildman–Crippen MR) is 125 cm³/mol. The summed E-state index contributed by atoms with van der Waals surface area (Å²) in [6.45, 7) is 0.440. The minimum atomic E-state index is -0.672. The van der Waals surface area contributed by atoms with Crippen molar-refractivity contribution in [2.75, 3.05) is 18.0 Å². The smallest absolute Gasteiger partial charge is 0.280 e. The van der Waals surface area contributed by atoms with E-state index in [4.69, 9.17) is 40.3 Å². The van der Waals surface area contributed by atoms with Gasteiger partial charge in [0.05, 0.1) is 0 Å². The lowest BCUT2D eigenvalue weighted by atomic mass is 10.0. The number of rotatable bonds is 10. The lowest BCUT2D eigenvalue weighted by Crippen LogP contribution is -2.38. The lowest BCUT2D eigenvalue weighted by molar-refractivity contribution is -0.118. The molecule has 0 unspecified atom stereocenters. The predicted octanol–water partition coefficient (Wildman–Crippen LogP) is 0.107. The van der Waals surface area contributed by atoms with Crippen LogP contribution in [0.25, 0.3) is 0 Å². The summed E-state index contributed by atoms with van der Waals surface area (Å²) < 4.78 is 0. The topological polar surface area (TPSA) is 214 Å². The molecule has 1 aromatic heterocycles. The monoisotopic (exact) mass is 461 g/mol. The fraction of sp³-hybridized carbons (Fsp3) is 0.350. The fourth-order valence-electron chi connectivity index (χ4n) is 2.94. The second kappa shape index (κ2) is 11.8. The molecule has 0 aliphatic heterocycles. The molecule has 0 aliphatic carbocycles. The third kappa shape index (κ3) is 8.00. The van der Waals surface area contributed by atoms with Gasteiger partial charge in [-0.2, -0.15) is 0 Å². The van der Waals surface area contributed by atoms with Crippen molar-refractivity contribution in [2.45, 2.75) is 38.1 Å². The van der Waals surface area contributed by atoms with E-state index in [1.807, 2.05) is 24.3 Å². The highest BCUT2D eigenvalue weighted by Crippen LogP contribution is 2.17. The van der Waals surface area contributed by atoms with Gasteiger partial charge in [0.2, 0.25) is 5.91 Å². The van der Waals surface area contributed by atoms with Crippen LogP contribution < -0.4 is 34.0 Å². The molecule has 172 valence electrons. The number of carbonyl (C=O) groups excluding carboxylic acids is 2. The van der Waals surface area contributed by atoms with E-state index in [2.05, 4.69) is 20.3 Å². The van der Waals surface area contributed by atoms with Crippen molar-refractivity contribution in [2.24, 2.45) is 22.2 Å². The van der Waals surface area contributed by atoms with Crippen molar-refractivity contribution in [3.63, 3.8) is 0 Å². The third-order valence-corrected chi connectivity index (χ3v) is 4.78.